The zero-order chi connectivity index (χ0) is 12.1. The predicted molar refractivity (Wildman–Crippen MR) is 58.7 cm³/mol. The van der Waals surface area contributed by atoms with Gasteiger partial charge in [-0.05, 0) is 0 Å². The molecule has 0 aliphatic heterocycles. The molecule has 1 atom stereocenters. The minimum Gasteiger partial charge on any atom is -0.481 e. The Bertz CT molecular complexity index is 392. The van der Waals surface area contributed by atoms with Gasteiger partial charge < -0.3 is 21.9 Å². The Morgan fingerprint density at radius 3 is 2.81 bits per heavy atom. The lowest BCUT2D eigenvalue weighted by atomic mass is 10.2. The summed E-state index contributed by atoms with van der Waals surface area (Å²) in [6.45, 7) is 0.0431. The number of thiazole rings is 1. The number of aromatic nitrogens is 1. The number of hydrogen-bond donors (Lipinski definition) is 4. The zero-order valence-corrected chi connectivity index (χ0v) is 9.16. The second-order valence-corrected chi connectivity index (χ2v) is 3.91. The first-order valence-electron chi connectivity index (χ1n) is 4.46. The highest BCUT2D eigenvalue weighted by Crippen LogP contribution is 2.16. The van der Waals surface area contributed by atoms with E-state index in [1.165, 1.54) is 11.3 Å². The van der Waals surface area contributed by atoms with Crippen molar-refractivity contribution in [3.05, 3.63) is 11.1 Å². The fraction of sp³-hybridized carbons (Fsp3) is 0.375. The van der Waals surface area contributed by atoms with E-state index >= 15 is 0 Å². The molecule has 7 nitrogen and oxygen atoms in total. The number of carbonyl (C=O) groups is 2. The van der Waals surface area contributed by atoms with Crippen LogP contribution in [0.15, 0.2) is 5.38 Å². The van der Waals surface area contributed by atoms with Crippen LogP contribution in [-0.2, 0) is 9.59 Å². The summed E-state index contributed by atoms with van der Waals surface area (Å²) in [5.41, 5.74) is 11.4. The second kappa shape index (κ2) is 5.42. The van der Waals surface area contributed by atoms with Crippen LogP contribution in [0.3, 0.4) is 0 Å². The summed E-state index contributed by atoms with van der Waals surface area (Å²) in [5.74, 6) is -1.45. The average molecular weight is 244 g/mol. The third-order valence-electron chi connectivity index (χ3n) is 1.78. The van der Waals surface area contributed by atoms with E-state index in [2.05, 4.69) is 10.3 Å². The van der Waals surface area contributed by atoms with Crippen LogP contribution in [0.2, 0.25) is 0 Å². The molecule has 8 heteroatoms. The number of aliphatic carboxylic acids is 1. The van der Waals surface area contributed by atoms with E-state index in [0.717, 1.165) is 0 Å². The number of carbonyl (C=O) groups excluding carboxylic acids is 1. The van der Waals surface area contributed by atoms with Crippen molar-refractivity contribution in [2.75, 3.05) is 12.3 Å². The van der Waals surface area contributed by atoms with E-state index in [9.17, 15) is 9.59 Å². The monoisotopic (exact) mass is 244 g/mol. The van der Waals surface area contributed by atoms with Crippen LogP contribution >= 0.6 is 11.3 Å². The lowest BCUT2D eigenvalue weighted by Gasteiger charge is -2.08. The van der Waals surface area contributed by atoms with Gasteiger partial charge in [-0.15, -0.1) is 11.3 Å². The maximum atomic E-state index is 11.4. The van der Waals surface area contributed by atoms with Crippen molar-refractivity contribution in [1.29, 1.82) is 0 Å². The van der Waals surface area contributed by atoms with Crippen LogP contribution in [0.25, 0.3) is 0 Å². The van der Waals surface area contributed by atoms with Crippen LogP contribution in [0.5, 0.6) is 0 Å². The van der Waals surface area contributed by atoms with Gasteiger partial charge in [-0.1, -0.05) is 0 Å². The Labute approximate surface area is 95.5 Å². The minimum absolute atomic E-state index is 0.0431. The molecule has 0 aromatic carbocycles. The van der Waals surface area contributed by atoms with Gasteiger partial charge in [-0.25, -0.2) is 4.98 Å². The fourth-order valence-electron chi connectivity index (χ4n) is 0.980. The number of carboxylic acid groups (broad SMARTS) is 1. The number of nitrogens with zero attached hydrogens (tertiary/aromatic N) is 1. The Balaban J connectivity index is 2.45. The Hall–Kier alpha value is -1.67. The molecule has 1 amide bonds. The molecule has 0 saturated heterocycles. The van der Waals surface area contributed by atoms with Gasteiger partial charge in [0.25, 0.3) is 0 Å². The quantitative estimate of drug-likeness (QED) is 0.542. The summed E-state index contributed by atoms with van der Waals surface area (Å²) < 4.78 is 0. The molecule has 0 spiro atoms. The molecule has 0 aliphatic carbocycles. The van der Waals surface area contributed by atoms with Gasteiger partial charge >= 0.3 is 5.97 Å². The van der Waals surface area contributed by atoms with E-state index in [1.807, 2.05) is 0 Å². The molecule has 1 aromatic rings. The fourth-order valence-corrected chi connectivity index (χ4v) is 1.58. The third-order valence-corrected chi connectivity index (χ3v) is 2.47. The molecule has 0 radical (unpaired) electrons. The molecule has 1 aromatic heterocycles. The smallest absolute Gasteiger partial charge is 0.305 e. The van der Waals surface area contributed by atoms with Crippen molar-refractivity contribution in [3.63, 3.8) is 0 Å². The molecule has 6 N–H and O–H groups in total. The average Bonchev–Trinajstić information content (AvgIpc) is 2.63. The molecule has 0 saturated carbocycles. The van der Waals surface area contributed by atoms with Crippen molar-refractivity contribution in [1.82, 2.24) is 10.3 Å². The molecule has 16 heavy (non-hydrogen) atoms. The van der Waals surface area contributed by atoms with Crippen LogP contribution in [-0.4, -0.2) is 28.5 Å². The summed E-state index contributed by atoms with van der Waals surface area (Å²) >= 11 is 1.19. The zero-order valence-electron chi connectivity index (χ0n) is 8.34. The summed E-state index contributed by atoms with van der Waals surface area (Å²) in [7, 11) is 0. The number of nitrogens with two attached hydrogens (primary N) is 2. The van der Waals surface area contributed by atoms with Gasteiger partial charge in [-0.3, -0.25) is 9.59 Å². The standard InChI is InChI=1S/C8H12N4O3S/c9-6(4-3-16-8(10)12-4)7(15)11-2-1-5(13)14/h3,6H,1-2,9H2,(H2,10,12)(H,11,15)(H,13,14). The van der Waals surface area contributed by atoms with E-state index in [1.54, 1.807) is 5.38 Å². The van der Waals surface area contributed by atoms with Crippen LogP contribution in [0, 0.1) is 0 Å². The van der Waals surface area contributed by atoms with E-state index < -0.39 is 17.9 Å². The number of nitrogen functional groups attached to an aromatic ring is 1. The molecule has 0 fully saturated rings. The van der Waals surface area contributed by atoms with E-state index in [-0.39, 0.29) is 13.0 Å². The number of carboxylic acids is 1. The lowest BCUT2D eigenvalue weighted by Crippen LogP contribution is -2.35. The highest BCUT2D eigenvalue weighted by Gasteiger charge is 2.18. The molecule has 1 rings (SSSR count). The molecule has 1 unspecified atom stereocenters. The summed E-state index contributed by atoms with van der Waals surface area (Å²) in [5, 5.41) is 12.7. The van der Waals surface area contributed by atoms with Crippen molar-refractivity contribution in [3.8, 4) is 0 Å². The Morgan fingerprint density at radius 1 is 1.62 bits per heavy atom. The lowest BCUT2D eigenvalue weighted by molar-refractivity contribution is -0.136. The normalized spacial score (nSPS) is 12.1. The molecule has 1 heterocycles. The predicted octanol–water partition coefficient (Wildman–Crippen LogP) is -0.684. The van der Waals surface area contributed by atoms with Crippen LogP contribution in [0.1, 0.15) is 18.2 Å². The first kappa shape index (κ1) is 12.4. The third kappa shape index (κ3) is 3.48. The van der Waals surface area contributed by atoms with Gasteiger partial charge in [-0.2, -0.15) is 0 Å². The Morgan fingerprint density at radius 2 is 2.31 bits per heavy atom. The topological polar surface area (TPSA) is 131 Å². The highest BCUT2D eigenvalue weighted by molar-refractivity contribution is 7.13. The van der Waals surface area contributed by atoms with Gasteiger partial charge in [0.2, 0.25) is 5.91 Å². The van der Waals surface area contributed by atoms with Gasteiger partial charge in [0.05, 0.1) is 12.1 Å². The van der Waals surface area contributed by atoms with Crippen molar-refractivity contribution in [2.45, 2.75) is 12.5 Å². The minimum atomic E-state index is -0.980. The van der Waals surface area contributed by atoms with Crippen molar-refractivity contribution >= 4 is 28.3 Å². The SMILES string of the molecule is Nc1nc(C(N)C(=O)NCCC(=O)O)cs1. The number of anilines is 1. The molecule has 88 valence electrons. The van der Waals surface area contributed by atoms with Crippen molar-refractivity contribution < 1.29 is 14.7 Å². The molecule has 0 bridgehead atoms. The van der Waals surface area contributed by atoms with Crippen LogP contribution < -0.4 is 16.8 Å². The number of amides is 1. The first-order valence-corrected chi connectivity index (χ1v) is 5.34. The largest absolute Gasteiger partial charge is 0.481 e. The number of hydrogen-bond acceptors (Lipinski definition) is 6. The maximum Gasteiger partial charge on any atom is 0.305 e. The second-order valence-electron chi connectivity index (χ2n) is 3.02. The first-order chi connectivity index (χ1) is 7.50. The number of rotatable bonds is 5. The van der Waals surface area contributed by atoms with Gasteiger partial charge in [0, 0.05) is 11.9 Å². The summed E-state index contributed by atoms with van der Waals surface area (Å²) in [6, 6.07) is -0.914. The van der Waals surface area contributed by atoms with Crippen molar-refractivity contribution in [2.24, 2.45) is 5.73 Å². The maximum absolute atomic E-state index is 11.4. The van der Waals surface area contributed by atoms with Gasteiger partial charge in [0.1, 0.15) is 6.04 Å². The van der Waals surface area contributed by atoms with Gasteiger partial charge in [0.15, 0.2) is 5.13 Å². The molecular formula is C8H12N4O3S. The van der Waals surface area contributed by atoms with E-state index in [4.69, 9.17) is 16.6 Å². The number of nitrogens with one attached hydrogen (secondary N) is 1. The van der Waals surface area contributed by atoms with E-state index in [0.29, 0.717) is 10.8 Å². The summed E-state index contributed by atoms with van der Waals surface area (Å²) in [6.07, 6.45) is -0.141. The summed E-state index contributed by atoms with van der Waals surface area (Å²) in [4.78, 5) is 25.5. The molecular weight excluding hydrogens is 232 g/mol. The Kier molecular flexibility index (Phi) is 4.20. The van der Waals surface area contributed by atoms with Crippen LogP contribution in [0.4, 0.5) is 5.13 Å². The highest BCUT2D eigenvalue weighted by atomic mass is 32.1. The molecule has 0 aliphatic rings.